The highest BCUT2D eigenvalue weighted by atomic mass is 19.4. The van der Waals surface area contributed by atoms with Crippen LogP contribution in [-0.2, 0) is 26.1 Å². The van der Waals surface area contributed by atoms with Gasteiger partial charge in [0.1, 0.15) is 5.75 Å². The molecule has 1 heterocycles. The van der Waals surface area contributed by atoms with Gasteiger partial charge in [-0.05, 0) is 80.2 Å². The van der Waals surface area contributed by atoms with Crippen LogP contribution >= 0.6 is 0 Å². The van der Waals surface area contributed by atoms with Crippen LogP contribution < -0.4 is 10.1 Å². The van der Waals surface area contributed by atoms with Gasteiger partial charge in [-0.15, -0.1) is 0 Å². The molecule has 1 saturated heterocycles. The molecule has 3 fully saturated rings. The Morgan fingerprint density at radius 1 is 1.06 bits per heavy atom. The molecule has 200 valence electrons. The van der Waals surface area contributed by atoms with Gasteiger partial charge in [-0.1, -0.05) is 31.7 Å². The third-order valence-electron chi connectivity index (χ3n) is 8.18. The summed E-state index contributed by atoms with van der Waals surface area (Å²) in [6.45, 7) is 1.49. The van der Waals surface area contributed by atoms with Crippen LogP contribution in [0.5, 0.6) is 5.75 Å². The van der Waals surface area contributed by atoms with E-state index in [0.29, 0.717) is 24.0 Å². The quantitative estimate of drug-likeness (QED) is 0.405. The number of aliphatic carboxylic acids is 1. The van der Waals surface area contributed by atoms with E-state index in [1.807, 2.05) is 6.07 Å². The molecular formula is C26H34F3NO6. The van der Waals surface area contributed by atoms with E-state index in [2.05, 4.69) is 17.4 Å². The van der Waals surface area contributed by atoms with Gasteiger partial charge in [-0.2, -0.15) is 13.2 Å². The number of carboxylic acid groups (broad SMARTS) is 1. The Kier molecular flexibility index (Phi) is 8.32. The number of ether oxygens (including phenoxy) is 3. The van der Waals surface area contributed by atoms with Crippen molar-refractivity contribution in [3.63, 3.8) is 0 Å². The van der Waals surface area contributed by atoms with E-state index >= 15 is 0 Å². The van der Waals surface area contributed by atoms with Crippen LogP contribution in [0.4, 0.5) is 18.0 Å². The summed E-state index contributed by atoms with van der Waals surface area (Å²) in [5.41, 5.74) is 3.26. The van der Waals surface area contributed by atoms with Gasteiger partial charge in [0, 0.05) is 11.5 Å². The molecule has 1 aliphatic heterocycles. The minimum absolute atomic E-state index is 0.0943. The van der Waals surface area contributed by atoms with Crippen molar-refractivity contribution in [3.05, 3.63) is 29.3 Å². The first-order valence-electron chi connectivity index (χ1n) is 12.8. The molecule has 3 aliphatic carbocycles. The molecule has 3 atom stereocenters. The molecule has 1 aromatic rings. The molecule has 0 aromatic heterocycles. The Labute approximate surface area is 208 Å². The molecule has 0 unspecified atom stereocenters. The normalized spacial score (nSPS) is 27.1. The van der Waals surface area contributed by atoms with E-state index in [9.17, 15) is 18.0 Å². The van der Waals surface area contributed by atoms with Crippen LogP contribution in [0.3, 0.4) is 0 Å². The molecule has 0 radical (unpaired) electrons. The van der Waals surface area contributed by atoms with Gasteiger partial charge >= 0.3 is 18.3 Å². The lowest BCUT2D eigenvalue weighted by molar-refractivity contribution is -0.192. The van der Waals surface area contributed by atoms with Crippen LogP contribution in [0.25, 0.3) is 0 Å². The second kappa shape index (κ2) is 11.3. The van der Waals surface area contributed by atoms with E-state index in [4.69, 9.17) is 24.1 Å². The van der Waals surface area contributed by atoms with Crippen molar-refractivity contribution in [2.24, 2.45) is 11.8 Å². The summed E-state index contributed by atoms with van der Waals surface area (Å²) in [4.78, 5) is 20.7. The number of nitrogens with one attached hydrogen (secondary N) is 1. The number of carboxylic acids is 1. The minimum atomic E-state index is -5.08. The van der Waals surface area contributed by atoms with E-state index in [-0.39, 0.29) is 6.79 Å². The fraction of sp³-hybridized carbons (Fsp3) is 0.692. The standard InChI is InChI=1S/C24H33NO4.C2HF3O2/c26-23(27-15-17-5-1-2-6-17)29-16-28-19-9-8-18-13-22-20-7-3-4-10-24(20,11-12-25-22)21(18)14-19;3-2(4,5)1(6)7/h8-9,14,17,20,22,25H,1-7,10-13,15-16H2;(H,6,7)/t20-,22+,24-;/m1./s1. The maximum Gasteiger partial charge on any atom is 0.511 e. The number of halogens is 3. The Morgan fingerprint density at radius 3 is 2.50 bits per heavy atom. The van der Waals surface area contributed by atoms with Crippen LogP contribution in [-0.4, -0.2) is 49.4 Å². The van der Waals surface area contributed by atoms with Crippen molar-refractivity contribution in [2.75, 3.05) is 19.9 Å². The van der Waals surface area contributed by atoms with E-state index in [1.54, 1.807) is 0 Å². The molecule has 5 rings (SSSR count). The maximum absolute atomic E-state index is 11.8. The fourth-order valence-electron chi connectivity index (χ4n) is 6.54. The average Bonchev–Trinajstić information content (AvgIpc) is 3.37. The molecule has 2 N–H and O–H groups in total. The zero-order chi connectivity index (χ0) is 25.8. The second-order valence-corrected chi connectivity index (χ2v) is 10.3. The van der Waals surface area contributed by atoms with Crippen LogP contribution in [0.15, 0.2) is 18.2 Å². The molecule has 1 aromatic carbocycles. The maximum atomic E-state index is 11.8. The molecule has 2 bridgehead atoms. The number of fused-ring (bicyclic) bond motifs is 1. The van der Waals surface area contributed by atoms with Gasteiger partial charge in [0.2, 0.25) is 6.79 Å². The van der Waals surface area contributed by atoms with Gasteiger partial charge < -0.3 is 24.6 Å². The molecule has 7 nitrogen and oxygen atoms in total. The Morgan fingerprint density at radius 2 is 1.78 bits per heavy atom. The highest BCUT2D eigenvalue weighted by molar-refractivity contribution is 5.73. The van der Waals surface area contributed by atoms with Gasteiger partial charge in [-0.3, -0.25) is 0 Å². The first-order valence-corrected chi connectivity index (χ1v) is 12.8. The van der Waals surface area contributed by atoms with Crippen LogP contribution in [0.2, 0.25) is 0 Å². The molecule has 4 aliphatic rings. The Balaban J connectivity index is 0.000000384. The van der Waals surface area contributed by atoms with Crippen molar-refractivity contribution < 1.29 is 42.1 Å². The van der Waals surface area contributed by atoms with E-state index < -0.39 is 18.3 Å². The lowest BCUT2D eigenvalue weighted by atomic mass is 9.53. The zero-order valence-electron chi connectivity index (χ0n) is 20.3. The Hall–Kier alpha value is -2.49. The van der Waals surface area contributed by atoms with Crippen molar-refractivity contribution in [1.82, 2.24) is 5.32 Å². The number of benzene rings is 1. The summed E-state index contributed by atoms with van der Waals surface area (Å²) in [6.07, 6.45) is 6.71. The molecule has 0 amide bonds. The largest absolute Gasteiger partial charge is 0.511 e. The smallest absolute Gasteiger partial charge is 0.475 e. The highest BCUT2D eigenvalue weighted by Crippen LogP contribution is 2.54. The summed E-state index contributed by atoms with van der Waals surface area (Å²) < 4.78 is 47.9. The number of rotatable bonds is 5. The summed E-state index contributed by atoms with van der Waals surface area (Å²) in [5, 5.41) is 10.9. The number of carbonyl (C=O) groups excluding carboxylic acids is 1. The summed E-state index contributed by atoms with van der Waals surface area (Å²) >= 11 is 0. The first kappa shape index (κ1) is 26.6. The van der Waals surface area contributed by atoms with Crippen molar-refractivity contribution in [2.45, 2.75) is 81.8 Å². The minimum Gasteiger partial charge on any atom is -0.475 e. The third kappa shape index (κ3) is 6.07. The van der Waals surface area contributed by atoms with Gasteiger partial charge in [0.05, 0.1) is 6.61 Å². The van der Waals surface area contributed by atoms with Crippen LogP contribution in [0.1, 0.15) is 68.9 Å². The third-order valence-corrected chi connectivity index (χ3v) is 8.18. The molecule has 36 heavy (non-hydrogen) atoms. The lowest BCUT2D eigenvalue weighted by Crippen LogP contribution is -2.59. The second-order valence-electron chi connectivity index (χ2n) is 10.3. The van der Waals surface area contributed by atoms with Crippen molar-refractivity contribution in [1.29, 1.82) is 0 Å². The SMILES string of the molecule is O=C(O)C(F)(F)F.O=C(OCOc1ccc2c(c1)[C@@]13CCCC[C@@H]1[C@H](C2)NCC3)OCC1CCCC1. The predicted octanol–water partition coefficient (Wildman–Crippen LogP) is 5.35. The predicted molar refractivity (Wildman–Crippen MR) is 124 cm³/mol. The topological polar surface area (TPSA) is 94.1 Å². The lowest BCUT2D eigenvalue weighted by Gasteiger charge is -2.56. The van der Waals surface area contributed by atoms with Gasteiger partial charge in [0.15, 0.2) is 0 Å². The monoisotopic (exact) mass is 513 g/mol. The highest BCUT2D eigenvalue weighted by Gasteiger charge is 2.51. The summed E-state index contributed by atoms with van der Waals surface area (Å²) in [5.74, 6) is -0.717. The van der Waals surface area contributed by atoms with Crippen molar-refractivity contribution >= 4 is 12.1 Å². The van der Waals surface area contributed by atoms with Crippen LogP contribution in [0, 0.1) is 11.8 Å². The fourth-order valence-corrected chi connectivity index (χ4v) is 6.54. The molecular weight excluding hydrogens is 479 g/mol. The van der Waals surface area contributed by atoms with E-state index in [1.165, 1.54) is 56.1 Å². The van der Waals surface area contributed by atoms with Crippen molar-refractivity contribution in [3.8, 4) is 5.75 Å². The van der Waals surface area contributed by atoms with Gasteiger partial charge in [0.25, 0.3) is 0 Å². The summed E-state index contributed by atoms with van der Waals surface area (Å²) in [6, 6.07) is 7.08. The summed E-state index contributed by atoms with van der Waals surface area (Å²) in [7, 11) is 0. The molecule has 2 saturated carbocycles. The Bertz CT molecular complexity index is 929. The first-order chi connectivity index (χ1) is 17.2. The number of carbonyl (C=O) groups is 2. The zero-order valence-corrected chi connectivity index (χ0v) is 20.3. The van der Waals surface area contributed by atoms with E-state index in [0.717, 1.165) is 37.5 Å². The number of hydrogen-bond donors (Lipinski definition) is 2. The number of hydrogen-bond acceptors (Lipinski definition) is 6. The number of alkyl halides is 3. The average molecular weight is 514 g/mol. The molecule has 10 heteroatoms. The van der Waals surface area contributed by atoms with Gasteiger partial charge in [-0.25, -0.2) is 9.59 Å². The molecule has 0 spiro atoms. The number of piperidine rings is 1.